The summed E-state index contributed by atoms with van der Waals surface area (Å²) >= 11 is 2.74. The monoisotopic (exact) mass is 476 g/mol. The number of hydrogen-bond donors (Lipinski definition) is 2. The Hall–Kier alpha value is -3.63. The van der Waals surface area contributed by atoms with Crippen molar-refractivity contribution < 1.29 is 9.53 Å². The van der Waals surface area contributed by atoms with Gasteiger partial charge in [0.05, 0.1) is 29.9 Å². The van der Waals surface area contributed by atoms with Crippen LogP contribution in [0.3, 0.4) is 0 Å². The molecule has 33 heavy (non-hydrogen) atoms. The maximum atomic E-state index is 12.5. The van der Waals surface area contributed by atoms with Crippen LogP contribution in [0.5, 0.6) is 5.75 Å². The summed E-state index contributed by atoms with van der Waals surface area (Å²) in [6.07, 6.45) is 1.83. The second-order valence-corrected chi connectivity index (χ2v) is 9.01. The molecule has 8 nitrogen and oxygen atoms in total. The van der Waals surface area contributed by atoms with E-state index in [0.717, 1.165) is 39.8 Å². The molecule has 166 valence electrons. The smallest absolute Gasteiger partial charge is 0.236 e. The summed E-state index contributed by atoms with van der Waals surface area (Å²) in [6.45, 7) is 1.89. The highest BCUT2D eigenvalue weighted by molar-refractivity contribution is 8.14. The average Bonchev–Trinajstić information content (AvgIpc) is 3.55. The summed E-state index contributed by atoms with van der Waals surface area (Å²) < 4.78 is 5.43. The first-order chi connectivity index (χ1) is 16.1. The number of aromatic nitrogens is 1. The minimum atomic E-state index is -0.142. The van der Waals surface area contributed by atoms with Gasteiger partial charge in [0.15, 0.2) is 10.3 Å². The van der Waals surface area contributed by atoms with Crippen molar-refractivity contribution in [2.24, 2.45) is 10.1 Å². The SMILES string of the molecule is COc1cccc(N2C(SCC(=O)Nc3nc(C)cs3)=NNC2=C2C=Nc3ccccc32)c1. The van der Waals surface area contributed by atoms with Crippen molar-refractivity contribution in [1.29, 1.82) is 0 Å². The third kappa shape index (κ3) is 4.35. The standard InChI is InChI=1S/C23H20N6O2S2/c1-14-12-32-22(25-14)26-20(30)13-33-23-28-27-21(18-11-24-19-9-4-3-8-17(18)19)29(23)15-6-5-7-16(10-15)31-2/h3-12,27H,13H2,1-2H3,(H,25,26,30). The average molecular weight is 477 g/mol. The van der Waals surface area contributed by atoms with Gasteiger partial charge in [0.25, 0.3) is 0 Å². The molecule has 10 heteroatoms. The van der Waals surface area contributed by atoms with Gasteiger partial charge in [-0.3, -0.25) is 20.1 Å². The van der Waals surface area contributed by atoms with Gasteiger partial charge in [-0.2, -0.15) is 0 Å². The molecule has 3 aromatic rings. The van der Waals surface area contributed by atoms with Gasteiger partial charge in [0, 0.05) is 28.8 Å². The highest BCUT2D eigenvalue weighted by atomic mass is 32.2. The molecule has 2 N–H and O–H groups in total. The number of rotatable bonds is 5. The van der Waals surface area contributed by atoms with Crippen LogP contribution in [-0.4, -0.2) is 35.1 Å². The summed E-state index contributed by atoms with van der Waals surface area (Å²) in [6, 6.07) is 15.7. The highest BCUT2D eigenvalue weighted by Gasteiger charge is 2.30. The van der Waals surface area contributed by atoms with Crippen LogP contribution >= 0.6 is 23.1 Å². The first kappa shape index (κ1) is 21.2. The Morgan fingerprint density at radius 1 is 1.24 bits per heavy atom. The summed E-state index contributed by atoms with van der Waals surface area (Å²) in [5.41, 5.74) is 7.75. The normalized spacial score (nSPS) is 16.4. The van der Waals surface area contributed by atoms with E-state index in [2.05, 4.69) is 25.8 Å². The molecule has 1 amide bonds. The number of thioether (sulfide) groups is 1. The Balaban J connectivity index is 1.43. The van der Waals surface area contributed by atoms with Crippen LogP contribution in [0.25, 0.3) is 5.57 Å². The molecule has 2 aromatic carbocycles. The Labute approximate surface area is 199 Å². The molecular formula is C23H20N6O2S2. The van der Waals surface area contributed by atoms with Crippen molar-refractivity contribution in [2.45, 2.75) is 6.92 Å². The zero-order valence-corrected chi connectivity index (χ0v) is 19.5. The molecule has 0 aliphatic carbocycles. The fourth-order valence-corrected chi connectivity index (χ4v) is 4.94. The number of nitrogens with zero attached hydrogens (tertiary/aromatic N) is 4. The summed E-state index contributed by atoms with van der Waals surface area (Å²) in [5.74, 6) is 1.55. The third-order valence-corrected chi connectivity index (χ3v) is 6.78. The number of aliphatic imine (C=N–C) groups is 1. The lowest BCUT2D eigenvalue weighted by Gasteiger charge is -2.22. The minimum Gasteiger partial charge on any atom is -0.497 e. The highest BCUT2D eigenvalue weighted by Crippen LogP contribution is 2.37. The number of benzene rings is 2. The van der Waals surface area contributed by atoms with E-state index in [4.69, 9.17) is 4.74 Å². The van der Waals surface area contributed by atoms with E-state index in [0.29, 0.717) is 10.3 Å². The molecule has 2 aliphatic heterocycles. The van der Waals surface area contributed by atoms with Gasteiger partial charge in [-0.1, -0.05) is 36.0 Å². The van der Waals surface area contributed by atoms with E-state index in [9.17, 15) is 4.79 Å². The van der Waals surface area contributed by atoms with E-state index in [1.54, 1.807) is 7.11 Å². The van der Waals surface area contributed by atoms with E-state index < -0.39 is 0 Å². The Bertz CT molecular complexity index is 1310. The summed E-state index contributed by atoms with van der Waals surface area (Å²) in [4.78, 5) is 23.3. The molecule has 0 fully saturated rings. The molecule has 0 atom stereocenters. The lowest BCUT2D eigenvalue weighted by Crippen LogP contribution is -2.28. The number of thiazole rings is 1. The van der Waals surface area contributed by atoms with Gasteiger partial charge in [-0.15, -0.1) is 16.4 Å². The molecular weight excluding hydrogens is 456 g/mol. The lowest BCUT2D eigenvalue weighted by atomic mass is 10.1. The van der Waals surface area contributed by atoms with E-state index >= 15 is 0 Å². The molecule has 2 aliphatic rings. The number of nitrogens with one attached hydrogen (secondary N) is 2. The topological polar surface area (TPSA) is 91.2 Å². The number of methoxy groups -OCH3 is 1. The number of fused-ring (bicyclic) bond motifs is 1. The van der Waals surface area contributed by atoms with Crippen LogP contribution in [0, 0.1) is 6.92 Å². The van der Waals surface area contributed by atoms with Crippen molar-refractivity contribution in [3.8, 4) is 5.75 Å². The number of amides is 1. The third-order valence-electron chi connectivity index (χ3n) is 4.96. The molecule has 1 aromatic heterocycles. The number of hydrazone groups is 1. The number of para-hydroxylation sites is 1. The number of hydrogen-bond acceptors (Lipinski definition) is 9. The molecule has 0 radical (unpaired) electrons. The van der Waals surface area contributed by atoms with Gasteiger partial charge in [0.2, 0.25) is 5.91 Å². The van der Waals surface area contributed by atoms with Crippen LogP contribution in [0.15, 0.2) is 69.8 Å². The van der Waals surface area contributed by atoms with Crippen LogP contribution in [0.4, 0.5) is 16.5 Å². The number of carbonyl (C=O) groups is 1. The molecule has 0 unspecified atom stereocenters. The molecule has 5 rings (SSSR count). The quantitative estimate of drug-likeness (QED) is 0.559. The van der Waals surface area contributed by atoms with Crippen molar-refractivity contribution in [3.63, 3.8) is 0 Å². The Morgan fingerprint density at radius 3 is 2.94 bits per heavy atom. The van der Waals surface area contributed by atoms with Gasteiger partial charge in [0.1, 0.15) is 11.6 Å². The number of amidine groups is 1. The minimum absolute atomic E-state index is 0.142. The van der Waals surface area contributed by atoms with Crippen LogP contribution in [0.1, 0.15) is 11.3 Å². The fraction of sp³-hybridized carbons (Fsp3) is 0.130. The van der Waals surface area contributed by atoms with Crippen LogP contribution < -0.4 is 20.4 Å². The molecule has 0 bridgehead atoms. The van der Waals surface area contributed by atoms with Gasteiger partial charge < -0.3 is 10.1 Å². The Kier molecular flexibility index (Phi) is 5.84. The van der Waals surface area contributed by atoms with E-state index in [-0.39, 0.29) is 11.7 Å². The number of ether oxygens (including phenoxy) is 1. The number of anilines is 2. The van der Waals surface area contributed by atoms with E-state index in [1.807, 2.05) is 71.9 Å². The van der Waals surface area contributed by atoms with Crippen molar-refractivity contribution in [3.05, 3.63) is 71.0 Å². The van der Waals surface area contributed by atoms with Crippen molar-refractivity contribution in [2.75, 3.05) is 23.1 Å². The maximum Gasteiger partial charge on any atom is 0.236 e. The largest absolute Gasteiger partial charge is 0.497 e. The van der Waals surface area contributed by atoms with Crippen molar-refractivity contribution in [1.82, 2.24) is 10.4 Å². The zero-order valence-electron chi connectivity index (χ0n) is 17.9. The Morgan fingerprint density at radius 2 is 2.12 bits per heavy atom. The van der Waals surface area contributed by atoms with Crippen molar-refractivity contribution >= 4 is 62.5 Å². The number of allylic oxidation sites excluding steroid dienone is 1. The predicted molar refractivity (Wildman–Crippen MR) is 135 cm³/mol. The zero-order chi connectivity index (χ0) is 22.8. The fourth-order valence-electron chi connectivity index (χ4n) is 3.47. The van der Waals surface area contributed by atoms with E-state index in [1.165, 1.54) is 23.1 Å². The molecule has 3 heterocycles. The summed E-state index contributed by atoms with van der Waals surface area (Å²) in [7, 11) is 1.63. The maximum absolute atomic E-state index is 12.5. The molecule has 0 spiro atoms. The summed E-state index contributed by atoms with van der Waals surface area (Å²) in [5, 5.41) is 10.5. The van der Waals surface area contributed by atoms with Gasteiger partial charge in [-0.25, -0.2) is 4.98 Å². The second kappa shape index (κ2) is 9.08. The lowest BCUT2D eigenvalue weighted by molar-refractivity contribution is -0.113. The number of carbonyl (C=O) groups excluding carboxylic acids is 1. The second-order valence-electron chi connectivity index (χ2n) is 7.21. The molecule has 0 saturated heterocycles. The molecule has 0 saturated carbocycles. The van der Waals surface area contributed by atoms with Crippen LogP contribution in [0.2, 0.25) is 0 Å². The first-order valence-corrected chi connectivity index (χ1v) is 12.0. The number of aryl methyl sites for hydroxylation is 1. The van der Waals surface area contributed by atoms with Gasteiger partial charge >= 0.3 is 0 Å². The first-order valence-electron chi connectivity index (χ1n) is 10.1. The van der Waals surface area contributed by atoms with Gasteiger partial charge in [-0.05, 0) is 25.1 Å². The van der Waals surface area contributed by atoms with Crippen LogP contribution in [-0.2, 0) is 4.79 Å². The predicted octanol–water partition coefficient (Wildman–Crippen LogP) is 4.60.